The van der Waals surface area contributed by atoms with Crippen molar-refractivity contribution in [3.05, 3.63) is 37.2 Å². The third kappa shape index (κ3) is 3.76. The van der Waals surface area contributed by atoms with E-state index in [1.165, 1.54) is 6.08 Å². The fourth-order valence-corrected chi connectivity index (χ4v) is 1.00. The van der Waals surface area contributed by atoms with Crippen LogP contribution in [0.15, 0.2) is 31.5 Å². The molecule has 5 heteroatoms. The van der Waals surface area contributed by atoms with Crippen LogP contribution in [0.1, 0.15) is 12.1 Å². The highest BCUT2D eigenvalue weighted by Gasteiger charge is 2.00. The van der Waals surface area contributed by atoms with Gasteiger partial charge in [0.25, 0.3) is 0 Å². The Kier molecular flexibility index (Phi) is 4.28. The van der Waals surface area contributed by atoms with Gasteiger partial charge in [0, 0.05) is 6.54 Å². The van der Waals surface area contributed by atoms with Gasteiger partial charge in [-0.25, -0.2) is 0 Å². The van der Waals surface area contributed by atoms with Crippen LogP contribution in [0.25, 0.3) is 0 Å². The fourth-order valence-electron chi connectivity index (χ4n) is 1.00. The first-order valence-corrected chi connectivity index (χ1v) is 4.66. The largest absolute Gasteiger partial charge is 0.347 e. The summed E-state index contributed by atoms with van der Waals surface area (Å²) in [6.07, 6.45) is 5.69. The van der Waals surface area contributed by atoms with Gasteiger partial charge < -0.3 is 5.32 Å². The van der Waals surface area contributed by atoms with Crippen molar-refractivity contribution in [1.29, 1.82) is 0 Å². The van der Waals surface area contributed by atoms with Crippen molar-refractivity contribution in [2.24, 2.45) is 0 Å². The number of carbonyl (C=O) groups excluding carboxylic acids is 1. The first-order valence-electron chi connectivity index (χ1n) is 4.66. The van der Waals surface area contributed by atoms with E-state index in [1.54, 1.807) is 10.9 Å². The standard InChI is InChI=1S/C10H14N4O/c1-3-5-6-14-8-9(12-13-14)7-11-10(15)4-2/h3-4,8H,1-2,5-7H2,(H,11,15). The molecular weight excluding hydrogens is 192 g/mol. The molecule has 5 nitrogen and oxygen atoms in total. The van der Waals surface area contributed by atoms with Crippen molar-refractivity contribution < 1.29 is 4.79 Å². The van der Waals surface area contributed by atoms with Gasteiger partial charge in [0.15, 0.2) is 0 Å². The normalized spacial score (nSPS) is 9.60. The third-order valence-electron chi connectivity index (χ3n) is 1.78. The minimum absolute atomic E-state index is 0.212. The maximum absolute atomic E-state index is 10.9. The fraction of sp³-hybridized carbons (Fsp3) is 0.300. The van der Waals surface area contributed by atoms with Gasteiger partial charge >= 0.3 is 0 Å². The first-order chi connectivity index (χ1) is 7.26. The molecule has 0 fully saturated rings. The van der Waals surface area contributed by atoms with E-state index >= 15 is 0 Å². The van der Waals surface area contributed by atoms with Gasteiger partial charge in [-0.2, -0.15) is 0 Å². The average molecular weight is 206 g/mol. The molecule has 1 heterocycles. The monoisotopic (exact) mass is 206 g/mol. The van der Waals surface area contributed by atoms with Crippen molar-refractivity contribution >= 4 is 5.91 Å². The predicted molar refractivity (Wildman–Crippen MR) is 56.9 cm³/mol. The summed E-state index contributed by atoms with van der Waals surface area (Å²) in [5, 5.41) is 10.4. The van der Waals surface area contributed by atoms with Crippen molar-refractivity contribution in [3.8, 4) is 0 Å². The zero-order valence-corrected chi connectivity index (χ0v) is 8.52. The zero-order valence-electron chi connectivity index (χ0n) is 8.52. The molecular formula is C10H14N4O. The number of nitrogens with one attached hydrogen (secondary N) is 1. The molecule has 0 spiro atoms. The zero-order chi connectivity index (χ0) is 11.1. The maximum Gasteiger partial charge on any atom is 0.243 e. The number of aromatic nitrogens is 3. The van der Waals surface area contributed by atoms with E-state index < -0.39 is 0 Å². The van der Waals surface area contributed by atoms with Gasteiger partial charge in [-0.05, 0) is 12.5 Å². The highest BCUT2D eigenvalue weighted by atomic mass is 16.1. The molecule has 1 aromatic heterocycles. The summed E-state index contributed by atoms with van der Waals surface area (Å²) in [4.78, 5) is 10.9. The van der Waals surface area contributed by atoms with Crippen LogP contribution in [0, 0.1) is 0 Å². The minimum Gasteiger partial charge on any atom is -0.347 e. The van der Waals surface area contributed by atoms with Crippen molar-refractivity contribution in [2.45, 2.75) is 19.5 Å². The van der Waals surface area contributed by atoms with E-state index in [1.807, 2.05) is 6.08 Å². The van der Waals surface area contributed by atoms with E-state index in [9.17, 15) is 4.79 Å². The smallest absolute Gasteiger partial charge is 0.243 e. The molecule has 1 N–H and O–H groups in total. The highest BCUT2D eigenvalue weighted by molar-refractivity contribution is 5.86. The Labute approximate surface area is 88.5 Å². The topological polar surface area (TPSA) is 59.8 Å². The van der Waals surface area contributed by atoms with Crippen LogP contribution in [0.3, 0.4) is 0 Å². The molecule has 0 aliphatic rings. The van der Waals surface area contributed by atoms with Crippen LogP contribution in [0.2, 0.25) is 0 Å². The summed E-state index contributed by atoms with van der Waals surface area (Å²) in [5.41, 5.74) is 0.731. The van der Waals surface area contributed by atoms with Gasteiger partial charge in [0.1, 0.15) is 5.69 Å². The average Bonchev–Trinajstić information content (AvgIpc) is 2.71. The van der Waals surface area contributed by atoms with Gasteiger partial charge in [-0.1, -0.05) is 17.9 Å². The van der Waals surface area contributed by atoms with Gasteiger partial charge in [0.05, 0.1) is 12.7 Å². The van der Waals surface area contributed by atoms with Gasteiger partial charge in [-0.15, -0.1) is 11.7 Å². The van der Waals surface area contributed by atoms with E-state index in [-0.39, 0.29) is 5.91 Å². The minimum atomic E-state index is -0.212. The quantitative estimate of drug-likeness (QED) is 0.549. The molecule has 0 aliphatic heterocycles. The van der Waals surface area contributed by atoms with Gasteiger partial charge in [0.2, 0.25) is 5.91 Å². The molecule has 1 rings (SSSR count). The molecule has 0 radical (unpaired) electrons. The number of aryl methyl sites for hydroxylation is 1. The lowest BCUT2D eigenvalue weighted by Gasteiger charge is -1.96. The lowest BCUT2D eigenvalue weighted by atomic mass is 10.4. The number of nitrogens with zero attached hydrogens (tertiary/aromatic N) is 3. The van der Waals surface area contributed by atoms with Crippen molar-refractivity contribution in [3.63, 3.8) is 0 Å². The molecule has 0 bridgehead atoms. The number of amides is 1. The summed E-state index contributed by atoms with van der Waals surface area (Å²) in [7, 11) is 0. The lowest BCUT2D eigenvalue weighted by Crippen LogP contribution is -2.20. The summed E-state index contributed by atoms with van der Waals surface area (Å²) in [6.45, 7) is 8.11. The van der Waals surface area contributed by atoms with Crippen LogP contribution in [0.5, 0.6) is 0 Å². The lowest BCUT2D eigenvalue weighted by molar-refractivity contribution is -0.116. The van der Waals surface area contributed by atoms with E-state index in [0.717, 1.165) is 18.7 Å². The Morgan fingerprint density at radius 1 is 1.60 bits per heavy atom. The second kappa shape index (κ2) is 5.74. The number of hydrogen-bond acceptors (Lipinski definition) is 3. The highest BCUT2D eigenvalue weighted by Crippen LogP contribution is 1.94. The van der Waals surface area contributed by atoms with E-state index in [0.29, 0.717) is 6.54 Å². The van der Waals surface area contributed by atoms with E-state index in [2.05, 4.69) is 28.8 Å². The molecule has 1 amide bonds. The summed E-state index contributed by atoms with van der Waals surface area (Å²) < 4.78 is 1.72. The Hall–Kier alpha value is -1.91. The number of hydrogen-bond donors (Lipinski definition) is 1. The molecule has 1 aromatic rings. The SMILES string of the molecule is C=CCCn1cc(CNC(=O)C=C)nn1. The predicted octanol–water partition coefficient (Wildman–Crippen LogP) is 0.656. The van der Waals surface area contributed by atoms with Crippen molar-refractivity contribution in [2.75, 3.05) is 0 Å². The Morgan fingerprint density at radius 3 is 3.07 bits per heavy atom. The van der Waals surface area contributed by atoms with Crippen LogP contribution >= 0.6 is 0 Å². The number of rotatable bonds is 6. The molecule has 0 unspecified atom stereocenters. The molecule has 0 aromatic carbocycles. The van der Waals surface area contributed by atoms with Crippen molar-refractivity contribution in [1.82, 2.24) is 20.3 Å². The van der Waals surface area contributed by atoms with Crippen LogP contribution < -0.4 is 5.32 Å². The van der Waals surface area contributed by atoms with Crippen LogP contribution in [0.4, 0.5) is 0 Å². The summed E-state index contributed by atoms with van der Waals surface area (Å²) in [6, 6.07) is 0. The molecule has 0 saturated heterocycles. The van der Waals surface area contributed by atoms with Gasteiger partial charge in [-0.3, -0.25) is 9.48 Å². The molecule has 0 saturated carbocycles. The second-order valence-electron chi connectivity index (χ2n) is 2.97. The summed E-state index contributed by atoms with van der Waals surface area (Å²) in [5.74, 6) is -0.212. The Morgan fingerprint density at radius 2 is 2.40 bits per heavy atom. The maximum atomic E-state index is 10.9. The number of carbonyl (C=O) groups is 1. The Bertz CT molecular complexity index is 356. The molecule has 0 atom stereocenters. The van der Waals surface area contributed by atoms with Crippen LogP contribution in [-0.2, 0) is 17.9 Å². The molecule has 0 aliphatic carbocycles. The molecule has 80 valence electrons. The van der Waals surface area contributed by atoms with Crippen LogP contribution in [-0.4, -0.2) is 20.9 Å². The third-order valence-corrected chi connectivity index (χ3v) is 1.78. The molecule has 15 heavy (non-hydrogen) atoms. The van der Waals surface area contributed by atoms with E-state index in [4.69, 9.17) is 0 Å². The second-order valence-corrected chi connectivity index (χ2v) is 2.97. The first kappa shape index (κ1) is 11.2. The Balaban J connectivity index is 2.42. The summed E-state index contributed by atoms with van der Waals surface area (Å²) >= 11 is 0. The number of allylic oxidation sites excluding steroid dienone is 1.